The van der Waals surface area contributed by atoms with Gasteiger partial charge in [0.1, 0.15) is 12.4 Å². The molecule has 1 fully saturated rings. The number of thiazole rings is 1. The maximum atomic E-state index is 12.0. The van der Waals surface area contributed by atoms with Gasteiger partial charge in [0.25, 0.3) is 5.91 Å². The number of imide groups is 1. The van der Waals surface area contributed by atoms with Crippen LogP contribution in [0.1, 0.15) is 33.9 Å². The van der Waals surface area contributed by atoms with Crippen molar-refractivity contribution in [3.05, 3.63) is 45.9 Å². The summed E-state index contributed by atoms with van der Waals surface area (Å²) in [4.78, 5) is 39.3. The van der Waals surface area contributed by atoms with Crippen LogP contribution in [0.15, 0.2) is 29.6 Å². The van der Waals surface area contributed by atoms with Crippen LogP contribution in [0.4, 0.5) is 4.79 Å². The Morgan fingerprint density at radius 1 is 1.22 bits per heavy atom. The number of carbonyl (C=O) groups excluding carboxylic acids is 3. The van der Waals surface area contributed by atoms with Crippen LogP contribution < -0.4 is 15.4 Å². The van der Waals surface area contributed by atoms with Gasteiger partial charge >= 0.3 is 12.0 Å². The third-order valence-electron chi connectivity index (χ3n) is 3.64. The molecule has 1 aliphatic carbocycles. The zero-order chi connectivity index (χ0) is 19.2. The van der Waals surface area contributed by atoms with E-state index < -0.39 is 24.5 Å². The molecule has 1 aliphatic rings. The number of benzene rings is 1. The van der Waals surface area contributed by atoms with Gasteiger partial charge < -0.3 is 14.8 Å². The molecule has 1 aromatic carbocycles. The third-order valence-corrected chi connectivity index (χ3v) is 4.47. The lowest BCUT2D eigenvalue weighted by Gasteiger charge is -2.08. The van der Waals surface area contributed by atoms with E-state index in [1.807, 2.05) is 12.3 Å². The van der Waals surface area contributed by atoms with E-state index in [2.05, 4.69) is 15.6 Å². The molecule has 3 rings (SSSR count). The summed E-state index contributed by atoms with van der Waals surface area (Å²) in [6.07, 6.45) is 1.83. The van der Waals surface area contributed by atoms with Gasteiger partial charge in [0.05, 0.1) is 16.3 Å². The first-order valence-corrected chi connectivity index (χ1v) is 9.29. The van der Waals surface area contributed by atoms with Crippen LogP contribution >= 0.6 is 11.3 Å². The molecule has 0 bridgehead atoms. The fourth-order valence-corrected chi connectivity index (χ4v) is 2.74. The fraction of sp³-hybridized carbons (Fsp3) is 0.333. The second kappa shape index (κ2) is 8.63. The zero-order valence-electron chi connectivity index (χ0n) is 14.7. The Kier molecular flexibility index (Phi) is 6.02. The van der Waals surface area contributed by atoms with Crippen LogP contribution in [0.25, 0.3) is 0 Å². The number of amides is 3. The molecule has 0 radical (unpaired) electrons. The van der Waals surface area contributed by atoms with Crippen molar-refractivity contribution in [2.75, 3.05) is 6.61 Å². The summed E-state index contributed by atoms with van der Waals surface area (Å²) >= 11 is 1.55. The zero-order valence-corrected chi connectivity index (χ0v) is 15.5. The van der Waals surface area contributed by atoms with Crippen LogP contribution in [0.5, 0.6) is 5.75 Å². The highest BCUT2D eigenvalue weighted by molar-refractivity contribution is 7.09. The number of ether oxygens (including phenoxy) is 2. The third kappa shape index (κ3) is 6.07. The maximum absolute atomic E-state index is 12.0. The molecule has 0 spiro atoms. The molecule has 0 atom stereocenters. The molecule has 3 amide bonds. The van der Waals surface area contributed by atoms with Crippen LogP contribution in [0.2, 0.25) is 0 Å². The summed E-state index contributed by atoms with van der Waals surface area (Å²) in [7, 11) is 0. The first-order chi connectivity index (χ1) is 13.0. The van der Waals surface area contributed by atoms with Crippen molar-refractivity contribution in [3.8, 4) is 5.75 Å². The second-order valence-corrected chi connectivity index (χ2v) is 7.11. The fourth-order valence-electron chi connectivity index (χ4n) is 2.15. The number of rotatable bonds is 7. The van der Waals surface area contributed by atoms with Crippen molar-refractivity contribution >= 4 is 29.2 Å². The van der Waals surface area contributed by atoms with Gasteiger partial charge in [0.15, 0.2) is 6.61 Å². The molecule has 2 N–H and O–H groups in total. The molecule has 1 saturated carbocycles. The van der Waals surface area contributed by atoms with Gasteiger partial charge in [-0.05, 0) is 44.0 Å². The Bertz CT molecular complexity index is 830. The van der Waals surface area contributed by atoms with E-state index in [9.17, 15) is 14.4 Å². The van der Waals surface area contributed by atoms with Gasteiger partial charge in [0.2, 0.25) is 0 Å². The van der Waals surface area contributed by atoms with Crippen LogP contribution in [-0.4, -0.2) is 35.5 Å². The van der Waals surface area contributed by atoms with Crippen molar-refractivity contribution < 1.29 is 23.9 Å². The minimum Gasteiger partial charge on any atom is -0.487 e. The van der Waals surface area contributed by atoms with Gasteiger partial charge in [-0.2, -0.15) is 0 Å². The second-order valence-electron chi connectivity index (χ2n) is 6.04. The molecule has 27 heavy (non-hydrogen) atoms. The van der Waals surface area contributed by atoms with Gasteiger partial charge in [-0.3, -0.25) is 10.1 Å². The topological polar surface area (TPSA) is 107 Å². The first kappa shape index (κ1) is 18.8. The highest BCUT2D eigenvalue weighted by atomic mass is 32.1. The predicted molar refractivity (Wildman–Crippen MR) is 97.6 cm³/mol. The smallest absolute Gasteiger partial charge is 0.338 e. The lowest BCUT2D eigenvalue weighted by Crippen LogP contribution is -2.42. The van der Waals surface area contributed by atoms with E-state index in [4.69, 9.17) is 9.47 Å². The Balaban J connectivity index is 1.41. The molecule has 1 heterocycles. The van der Waals surface area contributed by atoms with E-state index in [1.165, 1.54) is 0 Å². The normalized spacial score (nSPS) is 12.9. The van der Waals surface area contributed by atoms with E-state index in [0.29, 0.717) is 12.4 Å². The average molecular weight is 389 g/mol. The summed E-state index contributed by atoms with van der Waals surface area (Å²) < 4.78 is 10.5. The predicted octanol–water partition coefficient (Wildman–Crippen LogP) is 2.18. The number of hydrogen-bond acceptors (Lipinski definition) is 7. The number of urea groups is 1. The van der Waals surface area contributed by atoms with Crippen molar-refractivity contribution in [2.45, 2.75) is 32.4 Å². The molecule has 1 aromatic heterocycles. The van der Waals surface area contributed by atoms with Crippen LogP contribution in [0.3, 0.4) is 0 Å². The highest BCUT2D eigenvalue weighted by Crippen LogP contribution is 2.18. The number of hydrogen-bond donors (Lipinski definition) is 2. The number of nitrogens with one attached hydrogen (secondary N) is 2. The molecular formula is C18H19N3O5S. The van der Waals surface area contributed by atoms with Gasteiger partial charge in [0, 0.05) is 11.4 Å². The molecule has 0 aliphatic heterocycles. The van der Waals surface area contributed by atoms with Gasteiger partial charge in [-0.25, -0.2) is 14.6 Å². The number of esters is 1. The Labute approximate surface area is 159 Å². The summed E-state index contributed by atoms with van der Waals surface area (Å²) in [5, 5.41) is 7.62. The summed E-state index contributed by atoms with van der Waals surface area (Å²) in [6.45, 7) is 1.74. The Hall–Kier alpha value is -2.94. The van der Waals surface area contributed by atoms with Crippen molar-refractivity contribution in [1.82, 2.24) is 15.6 Å². The van der Waals surface area contributed by atoms with Crippen molar-refractivity contribution in [3.63, 3.8) is 0 Å². The van der Waals surface area contributed by atoms with Crippen LogP contribution in [0, 0.1) is 6.92 Å². The number of carbonyl (C=O) groups is 3. The number of aromatic nitrogens is 1. The quantitative estimate of drug-likeness (QED) is 0.703. The number of nitrogens with zero attached hydrogens (tertiary/aromatic N) is 1. The standard InChI is InChI=1S/C18H19N3O5S/c1-11-19-14(10-27-11)8-25-15-6-2-12(3-7-15)17(23)26-9-16(22)21-18(24)20-13-4-5-13/h2-3,6-7,10,13H,4-5,8-9H2,1H3,(H2,20,21,22,24). The SMILES string of the molecule is Cc1nc(COc2ccc(C(=O)OCC(=O)NC(=O)NC3CC3)cc2)cs1. The maximum Gasteiger partial charge on any atom is 0.338 e. The minimum absolute atomic E-state index is 0.139. The summed E-state index contributed by atoms with van der Waals surface area (Å²) in [5.41, 5.74) is 1.12. The molecule has 9 heteroatoms. The largest absolute Gasteiger partial charge is 0.487 e. The van der Waals surface area contributed by atoms with E-state index in [1.54, 1.807) is 35.6 Å². The van der Waals surface area contributed by atoms with E-state index in [-0.39, 0.29) is 11.6 Å². The van der Waals surface area contributed by atoms with Crippen molar-refractivity contribution in [2.24, 2.45) is 0 Å². The van der Waals surface area contributed by atoms with Crippen LogP contribution in [-0.2, 0) is 16.1 Å². The minimum atomic E-state index is -0.681. The highest BCUT2D eigenvalue weighted by Gasteiger charge is 2.24. The molecule has 142 valence electrons. The van der Waals surface area contributed by atoms with Gasteiger partial charge in [-0.1, -0.05) is 0 Å². The first-order valence-electron chi connectivity index (χ1n) is 8.41. The molecule has 2 aromatic rings. The number of aryl methyl sites for hydroxylation is 1. The lowest BCUT2D eigenvalue weighted by molar-refractivity contribution is -0.123. The Morgan fingerprint density at radius 3 is 2.59 bits per heavy atom. The summed E-state index contributed by atoms with van der Waals surface area (Å²) in [5.74, 6) is -0.749. The molecule has 8 nitrogen and oxygen atoms in total. The van der Waals surface area contributed by atoms with E-state index >= 15 is 0 Å². The monoisotopic (exact) mass is 389 g/mol. The molecule has 0 saturated heterocycles. The summed E-state index contributed by atoms with van der Waals surface area (Å²) in [6, 6.07) is 5.93. The van der Waals surface area contributed by atoms with E-state index in [0.717, 1.165) is 23.5 Å². The Morgan fingerprint density at radius 2 is 1.96 bits per heavy atom. The van der Waals surface area contributed by atoms with Gasteiger partial charge in [-0.15, -0.1) is 11.3 Å². The van der Waals surface area contributed by atoms with Crippen molar-refractivity contribution in [1.29, 1.82) is 0 Å². The lowest BCUT2D eigenvalue weighted by atomic mass is 10.2. The molecular weight excluding hydrogens is 370 g/mol. The molecule has 0 unspecified atom stereocenters. The average Bonchev–Trinajstić information content (AvgIpc) is 3.36.